The van der Waals surface area contributed by atoms with Crippen LogP contribution in [0.15, 0.2) is 48.5 Å². The van der Waals surface area contributed by atoms with Crippen LogP contribution in [-0.4, -0.2) is 32.8 Å². The molecule has 0 spiro atoms. The first-order valence-corrected chi connectivity index (χ1v) is 7.27. The standard InChI is InChI=1S/C18H21NO3/c1-14-3-5-15(6-4-14)16-7-9-17(10-8-16)22-12-11-21-13-18(20)19-2/h3-10H,11-13H2,1-2H3,(H,19,20). The maximum Gasteiger partial charge on any atom is 0.245 e. The number of carbonyl (C=O) groups is 1. The SMILES string of the molecule is CNC(=O)COCCOc1ccc(-c2ccc(C)cc2)cc1. The summed E-state index contributed by atoms with van der Waals surface area (Å²) in [5, 5.41) is 2.49. The molecule has 0 heterocycles. The molecule has 4 heteroatoms. The number of rotatable bonds is 7. The molecular weight excluding hydrogens is 278 g/mol. The molecule has 2 aromatic rings. The molecule has 0 aromatic heterocycles. The maximum atomic E-state index is 11.0. The van der Waals surface area contributed by atoms with Crippen LogP contribution in [0.1, 0.15) is 5.56 Å². The molecule has 1 N–H and O–H groups in total. The van der Waals surface area contributed by atoms with Crippen LogP contribution in [0.4, 0.5) is 0 Å². The van der Waals surface area contributed by atoms with Crippen LogP contribution in [-0.2, 0) is 9.53 Å². The summed E-state index contributed by atoms with van der Waals surface area (Å²) in [7, 11) is 1.58. The molecule has 2 aromatic carbocycles. The Morgan fingerprint density at radius 1 is 0.955 bits per heavy atom. The summed E-state index contributed by atoms with van der Waals surface area (Å²) in [5.41, 5.74) is 3.59. The van der Waals surface area contributed by atoms with Crippen molar-refractivity contribution in [1.29, 1.82) is 0 Å². The number of nitrogens with one attached hydrogen (secondary N) is 1. The molecule has 0 bridgehead atoms. The molecule has 0 atom stereocenters. The van der Waals surface area contributed by atoms with Crippen LogP contribution in [0.25, 0.3) is 11.1 Å². The number of hydrogen-bond acceptors (Lipinski definition) is 3. The summed E-state index contributed by atoms with van der Waals surface area (Å²) in [4.78, 5) is 11.0. The summed E-state index contributed by atoms with van der Waals surface area (Å²) in [6, 6.07) is 16.4. The Morgan fingerprint density at radius 2 is 1.55 bits per heavy atom. The molecule has 0 saturated carbocycles. The molecular formula is C18H21NO3. The van der Waals surface area contributed by atoms with Crippen molar-refractivity contribution in [3.8, 4) is 16.9 Å². The van der Waals surface area contributed by atoms with Gasteiger partial charge in [-0.05, 0) is 30.2 Å². The van der Waals surface area contributed by atoms with Gasteiger partial charge in [0, 0.05) is 7.05 Å². The number of hydrogen-bond donors (Lipinski definition) is 1. The summed E-state index contributed by atoms with van der Waals surface area (Å²) in [6.45, 7) is 2.94. The molecule has 0 fully saturated rings. The van der Waals surface area contributed by atoms with E-state index in [9.17, 15) is 4.79 Å². The number of likely N-dealkylation sites (N-methyl/N-ethyl adjacent to an activating group) is 1. The monoisotopic (exact) mass is 299 g/mol. The fourth-order valence-electron chi connectivity index (χ4n) is 1.95. The number of carbonyl (C=O) groups excluding carboxylic acids is 1. The van der Waals surface area contributed by atoms with Gasteiger partial charge in [0.25, 0.3) is 0 Å². The van der Waals surface area contributed by atoms with Crippen LogP contribution in [0, 0.1) is 6.92 Å². The Bertz CT molecular complexity index is 591. The van der Waals surface area contributed by atoms with Crippen LogP contribution in [0.5, 0.6) is 5.75 Å². The summed E-state index contributed by atoms with van der Waals surface area (Å²) < 4.78 is 10.7. The number of aryl methyl sites for hydroxylation is 1. The minimum atomic E-state index is -0.137. The highest BCUT2D eigenvalue weighted by Gasteiger charge is 2.00. The van der Waals surface area contributed by atoms with Gasteiger partial charge in [-0.15, -0.1) is 0 Å². The van der Waals surface area contributed by atoms with E-state index in [0.29, 0.717) is 13.2 Å². The first kappa shape index (κ1) is 16.0. The first-order chi connectivity index (χ1) is 10.7. The Morgan fingerprint density at radius 3 is 2.14 bits per heavy atom. The second kappa shape index (κ2) is 8.20. The fourth-order valence-corrected chi connectivity index (χ4v) is 1.95. The molecule has 0 saturated heterocycles. The van der Waals surface area contributed by atoms with Crippen molar-refractivity contribution in [2.75, 3.05) is 26.9 Å². The van der Waals surface area contributed by atoms with Gasteiger partial charge >= 0.3 is 0 Å². The average molecular weight is 299 g/mol. The number of ether oxygens (including phenoxy) is 2. The topological polar surface area (TPSA) is 47.6 Å². The third-order valence-corrected chi connectivity index (χ3v) is 3.25. The van der Waals surface area contributed by atoms with Crippen molar-refractivity contribution in [3.63, 3.8) is 0 Å². The van der Waals surface area contributed by atoms with Gasteiger partial charge in [0.2, 0.25) is 5.91 Å². The van der Waals surface area contributed by atoms with E-state index in [0.717, 1.165) is 11.3 Å². The highest BCUT2D eigenvalue weighted by molar-refractivity contribution is 5.76. The lowest BCUT2D eigenvalue weighted by Gasteiger charge is -2.08. The van der Waals surface area contributed by atoms with Gasteiger partial charge in [0.05, 0.1) is 6.61 Å². The summed E-state index contributed by atoms with van der Waals surface area (Å²) >= 11 is 0. The van der Waals surface area contributed by atoms with E-state index in [1.807, 2.05) is 24.3 Å². The summed E-state index contributed by atoms with van der Waals surface area (Å²) in [5.74, 6) is 0.654. The van der Waals surface area contributed by atoms with Gasteiger partial charge in [-0.1, -0.05) is 42.0 Å². The second-order valence-electron chi connectivity index (χ2n) is 4.96. The van der Waals surface area contributed by atoms with Crippen molar-refractivity contribution in [2.24, 2.45) is 0 Å². The van der Waals surface area contributed by atoms with E-state index in [-0.39, 0.29) is 12.5 Å². The molecule has 1 amide bonds. The van der Waals surface area contributed by atoms with Gasteiger partial charge in [-0.25, -0.2) is 0 Å². The van der Waals surface area contributed by atoms with Crippen LogP contribution in [0.2, 0.25) is 0 Å². The minimum Gasteiger partial charge on any atom is -0.491 e. The van der Waals surface area contributed by atoms with Crippen molar-refractivity contribution >= 4 is 5.91 Å². The first-order valence-electron chi connectivity index (χ1n) is 7.27. The third-order valence-electron chi connectivity index (χ3n) is 3.25. The van der Waals surface area contributed by atoms with E-state index in [1.165, 1.54) is 11.1 Å². The third kappa shape index (κ3) is 4.90. The number of amides is 1. The zero-order valence-electron chi connectivity index (χ0n) is 13.0. The molecule has 116 valence electrons. The zero-order valence-corrected chi connectivity index (χ0v) is 13.0. The highest BCUT2D eigenvalue weighted by Crippen LogP contribution is 2.22. The van der Waals surface area contributed by atoms with Crippen LogP contribution < -0.4 is 10.1 Å². The predicted molar refractivity (Wildman–Crippen MR) is 87.0 cm³/mol. The maximum absolute atomic E-state index is 11.0. The largest absolute Gasteiger partial charge is 0.491 e. The lowest BCUT2D eigenvalue weighted by Crippen LogP contribution is -2.24. The Labute approximate surface area is 131 Å². The highest BCUT2D eigenvalue weighted by atomic mass is 16.5. The molecule has 0 aliphatic heterocycles. The van der Waals surface area contributed by atoms with Gasteiger partial charge in [-0.2, -0.15) is 0 Å². The molecule has 0 radical (unpaired) electrons. The lowest BCUT2D eigenvalue weighted by atomic mass is 10.0. The minimum absolute atomic E-state index is 0.0617. The smallest absolute Gasteiger partial charge is 0.245 e. The Kier molecular flexibility index (Phi) is 5.98. The Hall–Kier alpha value is -2.33. The van der Waals surface area contributed by atoms with Crippen LogP contribution >= 0.6 is 0 Å². The predicted octanol–water partition coefficient (Wildman–Crippen LogP) is 2.80. The van der Waals surface area contributed by atoms with E-state index >= 15 is 0 Å². The van der Waals surface area contributed by atoms with Gasteiger partial charge < -0.3 is 14.8 Å². The molecule has 0 aliphatic rings. The van der Waals surface area contributed by atoms with Gasteiger partial charge in [0.1, 0.15) is 19.0 Å². The Balaban J connectivity index is 1.79. The molecule has 0 aliphatic carbocycles. The van der Waals surface area contributed by atoms with Crippen molar-refractivity contribution in [3.05, 3.63) is 54.1 Å². The molecule has 0 unspecified atom stereocenters. The summed E-state index contributed by atoms with van der Waals surface area (Å²) in [6.07, 6.45) is 0. The van der Waals surface area contributed by atoms with Gasteiger partial charge in [0.15, 0.2) is 0 Å². The molecule has 22 heavy (non-hydrogen) atoms. The number of benzene rings is 2. The normalized spacial score (nSPS) is 10.3. The van der Waals surface area contributed by atoms with Crippen LogP contribution in [0.3, 0.4) is 0 Å². The van der Waals surface area contributed by atoms with E-state index in [4.69, 9.17) is 9.47 Å². The quantitative estimate of drug-likeness (QED) is 0.800. The van der Waals surface area contributed by atoms with Crippen molar-refractivity contribution < 1.29 is 14.3 Å². The van der Waals surface area contributed by atoms with E-state index in [2.05, 4.69) is 36.5 Å². The van der Waals surface area contributed by atoms with Crippen molar-refractivity contribution in [2.45, 2.75) is 6.92 Å². The molecule has 4 nitrogen and oxygen atoms in total. The fraction of sp³-hybridized carbons (Fsp3) is 0.278. The zero-order chi connectivity index (χ0) is 15.8. The molecule has 2 rings (SSSR count). The van der Waals surface area contributed by atoms with E-state index < -0.39 is 0 Å². The average Bonchev–Trinajstić information content (AvgIpc) is 2.55. The second-order valence-corrected chi connectivity index (χ2v) is 4.96. The van der Waals surface area contributed by atoms with Gasteiger partial charge in [-0.3, -0.25) is 4.79 Å². The van der Waals surface area contributed by atoms with E-state index in [1.54, 1.807) is 7.05 Å². The lowest BCUT2D eigenvalue weighted by molar-refractivity contribution is -0.125. The van der Waals surface area contributed by atoms with Crippen molar-refractivity contribution in [1.82, 2.24) is 5.32 Å².